The molecule has 3 aromatic rings. The van der Waals surface area contributed by atoms with E-state index in [1.54, 1.807) is 0 Å². The lowest BCUT2D eigenvalue weighted by molar-refractivity contribution is 0.250. The molecule has 0 aliphatic heterocycles. The summed E-state index contributed by atoms with van der Waals surface area (Å²) in [6.45, 7) is 8.81. The first kappa shape index (κ1) is 21.1. The van der Waals surface area contributed by atoms with Gasteiger partial charge in [0.15, 0.2) is 5.58 Å². The van der Waals surface area contributed by atoms with Gasteiger partial charge in [0.05, 0.1) is 6.61 Å². The second-order valence-electron chi connectivity index (χ2n) is 7.32. The highest BCUT2D eigenvalue weighted by atomic mass is 16.5. The lowest BCUT2D eigenvalue weighted by atomic mass is 10.2. The van der Waals surface area contributed by atoms with Gasteiger partial charge in [0.2, 0.25) is 5.89 Å². The topological polar surface area (TPSA) is 38.5 Å². The van der Waals surface area contributed by atoms with E-state index in [1.807, 2.05) is 48.6 Å². The van der Waals surface area contributed by atoms with E-state index in [1.165, 1.54) is 32.4 Å². The van der Waals surface area contributed by atoms with Crippen LogP contribution in [-0.4, -0.2) is 36.1 Å². The molecule has 4 nitrogen and oxygen atoms in total. The quantitative estimate of drug-likeness (QED) is 0.340. The first-order chi connectivity index (χ1) is 14.3. The normalized spacial score (nSPS) is 11.7. The van der Waals surface area contributed by atoms with E-state index in [0.29, 0.717) is 5.89 Å². The third-order valence-corrected chi connectivity index (χ3v) is 4.80. The van der Waals surface area contributed by atoms with E-state index in [2.05, 4.69) is 35.9 Å². The van der Waals surface area contributed by atoms with Crippen LogP contribution < -0.4 is 4.74 Å². The van der Waals surface area contributed by atoms with Crippen LogP contribution in [0.2, 0.25) is 0 Å². The van der Waals surface area contributed by atoms with Gasteiger partial charge in [-0.3, -0.25) is 0 Å². The number of aromatic nitrogens is 1. The zero-order valence-corrected chi connectivity index (χ0v) is 17.6. The van der Waals surface area contributed by atoms with Gasteiger partial charge < -0.3 is 14.1 Å². The molecule has 0 saturated carbocycles. The van der Waals surface area contributed by atoms with E-state index < -0.39 is 0 Å². The van der Waals surface area contributed by atoms with Crippen molar-refractivity contribution >= 4 is 23.3 Å². The Labute approximate surface area is 174 Å². The molecule has 154 valence electrons. The van der Waals surface area contributed by atoms with Crippen molar-refractivity contribution in [1.29, 1.82) is 0 Å². The minimum atomic E-state index is 0.612. The predicted octanol–water partition coefficient (Wildman–Crippen LogP) is 6.28. The van der Waals surface area contributed by atoms with Crippen molar-refractivity contribution in [2.45, 2.75) is 39.5 Å². The second kappa shape index (κ2) is 11.4. The maximum atomic E-state index is 5.96. The van der Waals surface area contributed by atoms with Crippen molar-refractivity contribution in [3.05, 3.63) is 60.0 Å². The van der Waals surface area contributed by atoms with E-state index in [9.17, 15) is 0 Å². The molecule has 0 radical (unpaired) electrons. The average Bonchev–Trinajstić information content (AvgIpc) is 3.16. The van der Waals surface area contributed by atoms with E-state index in [4.69, 9.17) is 9.15 Å². The number of benzene rings is 2. The summed E-state index contributed by atoms with van der Waals surface area (Å²) in [5.74, 6) is 1.52. The van der Waals surface area contributed by atoms with Crippen molar-refractivity contribution < 1.29 is 9.15 Å². The zero-order chi connectivity index (χ0) is 20.3. The fraction of sp³-hybridized carbons (Fsp3) is 0.400. The molecule has 0 aliphatic rings. The molecule has 1 aromatic heterocycles. The number of nitrogens with zero attached hydrogens (tertiary/aromatic N) is 2. The summed E-state index contributed by atoms with van der Waals surface area (Å²) in [5, 5.41) is 0. The number of oxazole rings is 1. The molecule has 0 aliphatic carbocycles. The fourth-order valence-corrected chi connectivity index (χ4v) is 3.43. The van der Waals surface area contributed by atoms with Crippen LogP contribution in [0.5, 0.6) is 5.75 Å². The highest BCUT2D eigenvalue weighted by Gasteiger charge is 2.03. The molecular formula is C25H32N2O2. The molecule has 2 aromatic carbocycles. The molecule has 29 heavy (non-hydrogen) atoms. The Balaban J connectivity index is 1.46. The molecule has 0 amide bonds. The number of ether oxygens (including phenoxy) is 1. The molecule has 0 spiro atoms. The van der Waals surface area contributed by atoms with Gasteiger partial charge in [0, 0.05) is 6.08 Å². The maximum Gasteiger partial charge on any atom is 0.220 e. The molecule has 0 saturated heterocycles. The summed E-state index contributed by atoms with van der Waals surface area (Å²) < 4.78 is 11.7. The summed E-state index contributed by atoms with van der Waals surface area (Å²) in [6.07, 6.45) is 8.60. The van der Waals surface area contributed by atoms with Crippen molar-refractivity contribution in [2.75, 3.05) is 26.2 Å². The Morgan fingerprint density at radius 3 is 2.55 bits per heavy atom. The molecule has 1 heterocycles. The lowest BCUT2D eigenvalue weighted by Gasteiger charge is -2.20. The number of para-hydroxylation sites is 2. The Morgan fingerprint density at radius 1 is 0.931 bits per heavy atom. The largest absolute Gasteiger partial charge is 0.494 e. The van der Waals surface area contributed by atoms with Gasteiger partial charge in [-0.1, -0.05) is 38.1 Å². The van der Waals surface area contributed by atoms with Gasteiger partial charge in [-0.05, 0) is 81.2 Å². The maximum absolute atomic E-state index is 5.96. The van der Waals surface area contributed by atoms with Crippen LogP contribution >= 0.6 is 0 Å². The first-order valence-electron chi connectivity index (χ1n) is 10.8. The minimum Gasteiger partial charge on any atom is -0.494 e. The van der Waals surface area contributed by atoms with Gasteiger partial charge in [-0.15, -0.1) is 0 Å². The van der Waals surface area contributed by atoms with Gasteiger partial charge in [0.25, 0.3) is 0 Å². The first-order valence-corrected chi connectivity index (χ1v) is 10.8. The summed E-state index contributed by atoms with van der Waals surface area (Å²) in [7, 11) is 0. The Morgan fingerprint density at radius 2 is 1.76 bits per heavy atom. The number of fused-ring (bicyclic) bond motifs is 1. The van der Waals surface area contributed by atoms with Crippen molar-refractivity contribution in [2.24, 2.45) is 0 Å². The zero-order valence-electron chi connectivity index (χ0n) is 17.6. The SMILES string of the molecule is CCCN(CCC)CCCCOc1cccc(/C=C/c2nc3ccccc3o2)c1. The van der Waals surface area contributed by atoms with Crippen molar-refractivity contribution in [3.8, 4) is 5.75 Å². The smallest absolute Gasteiger partial charge is 0.220 e. The summed E-state index contributed by atoms with van der Waals surface area (Å²) >= 11 is 0. The number of hydrogen-bond donors (Lipinski definition) is 0. The van der Waals surface area contributed by atoms with Crippen molar-refractivity contribution in [3.63, 3.8) is 0 Å². The van der Waals surface area contributed by atoms with Crippen molar-refractivity contribution in [1.82, 2.24) is 9.88 Å². The van der Waals surface area contributed by atoms with E-state index >= 15 is 0 Å². The summed E-state index contributed by atoms with van der Waals surface area (Å²) in [6, 6.07) is 15.9. The number of rotatable bonds is 12. The molecule has 0 unspecified atom stereocenters. The van der Waals surface area contributed by atoms with Crippen LogP contribution in [0.3, 0.4) is 0 Å². The van der Waals surface area contributed by atoms with Crippen LogP contribution in [-0.2, 0) is 0 Å². The van der Waals surface area contributed by atoms with Gasteiger partial charge >= 0.3 is 0 Å². The highest BCUT2D eigenvalue weighted by molar-refractivity contribution is 5.76. The van der Waals surface area contributed by atoms with Gasteiger partial charge in [-0.2, -0.15) is 0 Å². The molecule has 0 N–H and O–H groups in total. The van der Waals surface area contributed by atoms with Crippen LogP contribution in [0.1, 0.15) is 51.0 Å². The van der Waals surface area contributed by atoms with Crippen LogP contribution in [0.4, 0.5) is 0 Å². The standard InChI is InChI=1S/C25H32N2O2/c1-3-16-27(17-4-2)18-7-8-19-28-22-11-9-10-21(20-22)14-15-25-26-23-12-5-6-13-24(23)29-25/h5-6,9-15,20H,3-4,7-8,16-19H2,1-2H3/b15-14+. The Bertz CT molecular complexity index is 861. The third kappa shape index (κ3) is 6.75. The molecule has 0 atom stereocenters. The van der Waals surface area contributed by atoms with Crippen LogP contribution in [0, 0.1) is 0 Å². The summed E-state index contributed by atoms with van der Waals surface area (Å²) in [5.41, 5.74) is 2.75. The van der Waals surface area contributed by atoms with E-state index in [0.717, 1.165) is 42.0 Å². The minimum absolute atomic E-state index is 0.612. The Kier molecular flexibility index (Phi) is 8.32. The number of hydrogen-bond acceptors (Lipinski definition) is 4. The monoisotopic (exact) mass is 392 g/mol. The van der Waals surface area contributed by atoms with Crippen LogP contribution in [0.15, 0.2) is 52.9 Å². The average molecular weight is 393 g/mol. The molecule has 0 bridgehead atoms. The Hall–Kier alpha value is -2.59. The summed E-state index contributed by atoms with van der Waals surface area (Å²) in [4.78, 5) is 7.03. The molecule has 0 fully saturated rings. The molecule has 4 heteroatoms. The van der Waals surface area contributed by atoms with E-state index in [-0.39, 0.29) is 0 Å². The molecular weight excluding hydrogens is 360 g/mol. The lowest BCUT2D eigenvalue weighted by Crippen LogP contribution is -2.26. The predicted molar refractivity (Wildman–Crippen MR) is 121 cm³/mol. The number of unbranched alkanes of at least 4 members (excludes halogenated alkanes) is 1. The highest BCUT2D eigenvalue weighted by Crippen LogP contribution is 2.19. The van der Waals surface area contributed by atoms with Crippen LogP contribution in [0.25, 0.3) is 23.3 Å². The fourth-order valence-electron chi connectivity index (χ4n) is 3.43. The third-order valence-electron chi connectivity index (χ3n) is 4.80. The second-order valence-corrected chi connectivity index (χ2v) is 7.32. The molecule has 3 rings (SSSR count). The van der Waals surface area contributed by atoms with Gasteiger partial charge in [0.1, 0.15) is 11.3 Å². The van der Waals surface area contributed by atoms with Gasteiger partial charge in [-0.25, -0.2) is 4.98 Å².